The molecule has 3 rings (SSSR count). The molecule has 0 N–H and O–H groups in total. The number of benzene rings is 1. The van der Waals surface area contributed by atoms with Gasteiger partial charge in [0.25, 0.3) is 11.8 Å². The smallest absolute Gasteiger partial charge is 0.308 e. The molecule has 21 heavy (non-hydrogen) atoms. The molecule has 0 atom stereocenters. The van der Waals surface area contributed by atoms with E-state index in [0.29, 0.717) is 11.4 Å². The number of ether oxygens (including phenoxy) is 1. The number of rotatable bonds is 2. The van der Waals surface area contributed by atoms with E-state index in [1.165, 1.54) is 25.3 Å². The first kappa shape index (κ1) is 13.0. The molecule has 1 aromatic heterocycles. The van der Waals surface area contributed by atoms with Gasteiger partial charge in [-0.25, -0.2) is 4.90 Å². The van der Waals surface area contributed by atoms with Gasteiger partial charge in [-0.05, 0) is 36.4 Å². The van der Waals surface area contributed by atoms with E-state index in [2.05, 4.69) is 4.98 Å². The minimum absolute atomic E-state index is 0.145. The molecule has 0 spiro atoms. The Bertz CT molecular complexity index is 718. The van der Waals surface area contributed by atoms with Crippen LogP contribution in [0.1, 0.15) is 27.8 Å². The highest BCUT2D eigenvalue weighted by Crippen LogP contribution is 2.28. The van der Waals surface area contributed by atoms with Crippen LogP contribution in [0.4, 0.5) is 5.69 Å². The van der Waals surface area contributed by atoms with Crippen LogP contribution in [0.15, 0.2) is 42.6 Å². The molecule has 0 saturated carbocycles. The van der Waals surface area contributed by atoms with Crippen molar-refractivity contribution in [2.45, 2.75) is 6.92 Å². The second-order valence-electron chi connectivity index (χ2n) is 4.43. The van der Waals surface area contributed by atoms with Crippen molar-refractivity contribution in [2.75, 3.05) is 4.90 Å². The third-order valence-corrected chi connectivity index (χ3v) is 3.00. The van der Waals surface area contributed by atoms with Crippen LogP contribution in [0, 0.1) is 0 Å². The number of pyridine rings is 1. The molecular weight excluding hydrogens is 272 g/mol. The first-order valence-corrected chi connectivity index (χ1v) is 6.20. The van der Waals surface area contributed by atoms with Crippen LogP contribution in [0.25, 0.3) is 0 Å². The van der Waals surface area contributed by atoms with Gasteiger partial charge in [0.1, 0.15) is 11.4 Å². The Hall–Kier alpha value is -3.02. The number of anilines is 1. The summed E-state index contributed by atoms with van der Waals surface area (Å²) in [7, 11) is 0. The Kier molecular flexibility index (Phi) is 2.98. The summed E-state index contributed by atoms with van der Waals surface area (Å²) in [6.45, 7) is 1.30. The third-order valence-electron chi connectivity index (χ3n) is 3.00. The van der Waals surface area contributed by atoms with Gasteiger partial charge in [-0.2, -0.15) is 0 Å². The zero-order valence-electron chi connectivity index (χ0n) is 11.1. The van der Waals surface area contributed by atoms with Crippen molar-refractivity contribution >= 4 is 23.5 Å². The molecule has 0 saturated heterocycles. The molecule has 2 heterocycles. The summed E-state index contributed by atoms with van der Waals surface area (Å²) >= 11 is 0. The first-order chi connectivity index (χ1) is 10.1. The molecule has 0 bridgehead atoms. The average molecular weight is 282 g/mol. The van der Waals surface area contributed by atoms with Gasteiger partial charge in [-0.15, -0.1) is 0 Å². The number of aromatic nitrogens is 1. The Morgan fingerprint density at radius 3 is 2.43 bits per heavy atom. The van der Waals surface area contributed by atoms with Crippen molar-refractivity contribution in [3.8, 4) is 5.75 Å². The lowest BCUT2D eigenvalue weighted by atomic mass is 10.2. The van der Waals surface area contributed by atoms with E-state index in [1.54, 1.807) is 24.3 Å². The molecule has 104 valence electrons. The minimum atomic E-state index is -0.462. The fourth-order valence-corrected chi connectivity index (χ4v) is 2.13. The largest absolute Gasteiger partial charge is 0.427 e. The maximum Gasteiger partial charge on any atom is 0.308 e. The molecule has 1 aliphatic rings. The molecule has 1 aliphatic heterocycles. The maximum absolute atomic E-state index is 12.3. The molecule has 2 aromatic rings. The maximum atomic E-state index is 12.3. The number of fused-ring (bicyclic) bond motifs is 1. The topological polar surface area (TPSA) is 76.6 Å². The molecule has 6 heteroatoms. The third kappa shape index (κ3) is 2.16. The lowest BCUT2D eigenvalue weighted by Gasteiger charge is -2.13. The summed E-state index contributed by atoms with van der Waals surface area (Å²) in [5.41, 5.74) is 0.831. The fraction of sp³-hybridized carbons (Fsp3) is 0.0667. The van der Waals surface area contributed by atoms with Gasteiger partial charge >= 0.3 is 5.97 Å². The number of carbonyl (C=O) groups excluding carboxylic acids is 3. The molecule has 0 radical (unpaired) electrons. The Morgan fingerprint density at radius 1 is 1.10 bits per heavy atom. The highest BCUT2D eigenvalue weighted by Gasteiger charge is 2.37. The van der Waals surface area contributed by atoms with Crippen molar-refractivity contribution in [1.82, 2.24) is 4.98 Å². The van der Waals surface area contributed by atoms with Crippen LogP contribution in [0.2, 0.25) is 0 Å². The van der Waals surface area contributed by atoms with Crippen molar-refractivity contribution in [1.29, 1.82) is 0 Å². The number of esters is 1. The zero-order chi connectivity index (χ0) is 15.0. The molecule has 1 aromatic carbocycles. The van der Waals surface area contributed by atoms with E-state index in [4.69, 9.17) is 4.74 Å². The summed E-state index contributed by atoms with van der Waals surface area (Å²) in [6, 6.07) is 9.30. The second kappa shape index (κ2) is 4.82. The monoisotopic (exact) mass is 282 g/mol. The second-order valence-corrected chi connectivity index (χ2v) is 4.43. The van der Waals surface area contributed by atoms with Gasteiger partial charge in [0.05, 0.1) is 11.3 Å². The van der Waals surface area contributed by atoms with Gasteiger partial charge in [0, 0.05) is 13.1 Å². The van der Waals surface area contributed by atoms with E-state index < -0.39 is 17.8 Å². The normalized spacial score (nSPS) is 13.3. The van der Waals surface area contributed by atoms with E-state index >= 15 is 0 Å². The highest BCUT2D eigenvalue weighted by molar-refractivity contribution is 6.33. The lowest BCUT2D eigenvalue weighted by Crippen LogP contribution is -2.29. The molecule has 0 aliphatic carbocycles. The molecule has 2 amide bonds. The van der Waals surface area contributed by atoms with Crippen LogP contribution >= 0.6 is 0 Å². The molecule has 0 fully saturated rings. The van der Waals surface area contributed by atoms with Crippen LogP contribution in [0.3, 0.4) is 0 Å². The molecule has 6 nitrogen and oxygen atoms in total. The van der Waals surface area contributed by atoms with Crippen LogP contribution in [-0.2, 0) is 4.79 Å². The van der Waals surface area contributed by atoms with Crippen molar-refractivity contribution < 1.29 is 19.1 Å². The standard InChI is InChI=1S/C15H10N2O4/c1-9(18)21-11-6-4-10(5-7-11)17-14(19)12-3-2-8-16-13(12)15(17)20/h2-8H,1H3. The summed E-state index contributed by atoms with van der Waals surface area (Å²) < 4.78 is 4.91. The first-order valence-electron chi connectivity index (χ1n) is 6.20. The summed E-state index contributed by atoms with van der Waals surface area (Å²) in [5.74, 6) is -0.965. The summed E-state index contributed by atoms with van der Waals surface area (Å²) in [4.78, 5) is 40.3. The van der Waals surface area contributed by atoms with E-state index in [0.717, 1.165) is 4.90 Å². The Morgan fingerprint density at radius 2 is 1.81 bits per heavy atom. The van der Waals surface area contributed by atoms with Gasteiger partial charge in [-0.1, -0.05) is 0 Å². The number of nitrogens with zero attached hydrogens (tertiary/aromatic N) is 2. The number of imide groups is 1. The van der Waals surface area contributed by atoms with Gasteiger partial charge in [0.15, 0.2) is 0 Å². The lowest BCUT2D eigenvalue weighted by molar-refractivity contribution is -0.131. The van der Waals surface area contributed by atoms with E-state index in [1.807, 2.05) is 0 Å². The quantitative estimate of drug-likeness (QED) is 0.477. The predicted octanol–water partition coefficient (Wildman–Crippen LogP) is 1.81. The number of hydrogen-bond acceptors (Lipinski definition) is 5. The Balaban J connectivity index is 1.94. The molecule has 0 unspecified atom stereocenters. The average Bonchev–Trinajstić information content (AvgIpc) is 2.72. The predicted molar refractivity (Wildman–Crippen MR) is 73.1 cm³/mol. The van der Waals surface area contributed by atoms with Gasteiger partial charge in [-0.3, -0.25) is 19.4 Å². The SMILES string of the molecule is CC(=O)Oc1ccc(N2C(=O)c3cccnc3C2=O)cc1. The van der Waals surface area contributed by atoms with Crippen LogP contribution in [0.5, 0.6) is 5.75 Å². The van der Waals surface area contributed by atoms with Crippen molar-refractivity contribution in [3.63, 3.8) is 0 Å². The summed E-state index contributed by atoms with van der Waals surface area (Å²) in [5, 5.41) is 0. The summed E-state index contributed by atoms with van der Waals surface area (Å²) in [6.07, 6.45) is 1.47. The number of carbonyl (C=O) groups is 3. The van der Waals surface area contributed by atoms with E-state index in [-0.39, 0.29) is 11.3 Å². The van der Waals surface area contributed by atoms with Gasteiger partial charge in [0.2, 0.25) is 0 Å². The number of hydrogen-bond donors (Lipinski definition) is 0. The number of amides is 2. The van der Waals surface area contributed by atoms with Crippen LogP contribution in [-0.4, -0.2) is 22.8 Å². The minimum Gasteiger partial charge on any atom is -0.427 e. The van der Waals surface area contributed by atoms with Crippen LogP contribution < -0.4 is 9.64 Å². The fourth-order valence-electron chi connectivity index (χ4n) is 2.13. The zero-order valence-corrected chi connectivity index (χ0v) is 11.1. The highest BCUT2D eigenvalue weighted by atomic mass is 16.5. The van der Waals surface area contributed by atoms with Crippen molar-refractivity contribution in [2.24, 2.45) is 0 Å². The molecular formula is C15H10N2O4. The Labute approximate surface area is 120 Å². The van der Waals surface area contributed by atoms with Gasteiger partial charge < -0.3 is 4.74 Å². The van der Waals surface area contributed by atoms with E-state index in [9.17, 15) is 14.4 Å². The van der Waals surface area contributed by atoms with Crippen molar-refractivity contribution in [3.05, 3.63) is 53.9 Å².